The van der Waals surface area contributed by atoms with Crippen LogP contribution in [0.25, 0.3) is 0 Å². The van der Waals surface area contributed by atoms with E-state index in [9.17, 15) is 4.39 Å². The van der Waals surface area contributed by atoms with Crippen molar-refractivity contribution in [2.75, 3.05) is 13.1 Å². The summed E-state index contributed by atoms with van der Waals surface area (Å²) in [5.41, 5.74) is 4.02. The Labute approximate surface area is 147 Å². The fraction of sp³-hybridized carbons (Fsp3) is 0.474. The maximum absolute atomic E-state index is 13.6. The standard InChI is InChI=1S/C18H23FN2O.CH2O2/c1-12-4-5-15(9-18(12)19)8-16-6-7-21(10-16)11-17-13(2)20-22-14(17)3;2-1-3/h4-5,9,16H,6-8,10-11H2,1-3H3;1H,(H,2,3). The molecule has 0 aliphatic carbocycles. The average molecular weight is 348 g/mol. The Morgan fingerprint density at radius 3 is 2.72 bits per heavy atom. The summed E-state index contributed by atoms with van der Waals surface area (Å²) in [6.07, 6.45) is 2.12. The Kier molecular flexibility index (Phi) is 6.70. The van der Waals surface area contributed by atoms with Gasteiger partial charge in [0.15, 0.2) is 0 Å². The molecule has 1 unspecified atom stereocenters. The van der Waals surface area contributed by atoms with E-state index in [0.29, 0.717) is 5.92 Å². The van der Waals surface area contributed by atoms with Gasteiger partial charge in [-0.15, -0.1) is 0 Å². The monoisotopic (exact) mass is 348 g/mol. The van der Waals surface area contributed by atoms with Crippen LogP contribution in [-0.2, 0) is 17.8 Å². The zero-order valence-electron chi connectivity index (χ0n) is 15.0. The van der Waals surface area contributed by atoms with E-state index < -0.39 is 0 Å². The number of aromatic nitrogens is 1. The van der Waals surface area contributed by atoms with Gasteiger partial charge in [-0.05, 0) is 63.3 Å². The Morgan fingerprint density at radius 1 is 1.40 bits per heavy atom. The third kappa shape index (κ3) is 5.13. The molecule has 5 nitrogen and oxygen atoms in total. The van der Waals surface area contributed by atoms with E-state index in [1.54, 1.807) is 13.0 Å². The quantitative estimate of drug-likeness (QED) is 0.857. The predicted octanol–water partition coefficient (Wildman–Crippen LogP) is 3.50. The van der Waals surface area contributed by atoms with Crippen LogP contribution in [0.3, 0.4) is 0 Å². The fourth-order valence-electron chi connectivity index (χ4n) is 3.27. The Hall–Kier alpha value is -2.21. The second kappa shape index (κ2) is 8.76. The molecule has 0 amide bonds. The van der Waals surface area contributed by atoms with Crippen LogP contribution in [0.5, 0.6) is 0 Å². The highest BCUT2D eigenvalue weighted by molar-refractivity contribution is 5.32. The molecule has 25 heavy (non-hydrogen) atoms. The van der Waals surface area contributed by atoms with Crippen LogP contribution in [-0.4, -0.2) is 34.7 Å². The first-order chi connectivity index (χ1) is 11.9. The van der Waals surface area contributed by atoms with Crippen LogP contribution in [0.2, 0.25) is 0 Å². The normalized spacial score (nSPS) is 17.2. The smallest absolute Gasteiger partial charge is 0.290 e. The molecule has 1 atom stereocenters. The molecule has 136 valence electrons. The molecule has 0 spiro atoms. The first-order valence-electron chi connectivity index (χ1n) is 8.41. The molecule has 1 aliphatic heterocycles. The summed E-state index contributed by atoms with van der Waals surface area (Å²) >= 11 is 0. The molecule has 0 saturated carbocycles. The van der Waals surface area contributed by atoms with E-state index in [-0.39, 0.29) is 12.3 Å². The highest BCUT2D eigenvalue weighted by Gasteiger charge is 2.24. The lowest BCUT2D eigenvalue weighted by Gasteiger charge is -2.16. The lowest BCUT2D eigenvalue weighted by atomic mass is 9.98. The van der Waals surface area contributed by atoms with Gasteiger partial charge < -0.3 is 9.63 Å². The molecule has 1 fully saturated rings. The summed E-state index contributed by atoms with van der Waals surface area (Å²) in [6, 6.07) is 5.61. The van der Waals surface area contributed by atoms with Crippen molar-refractivity contribution in [2.45, 2.75) is 40.2 Å². The summed E-state index contributed by atoms with van der Waals surface area (Å²) in [7, 11) is 0. The minimum Gasteiger partial charge on any atom is -0.483 e. The summed E-state index contributed by atoms with van der Waals surface area (Å²) in [5.74, 6) is 1.42. The molecule has 1 aromatic carbocycles. The van der Waals surface area contributed by atoms with Crippen molar-refractivity contribution in [3.05, 3.63) is 52.2 Å². The maximum atomic E-state index is 13.6. The van der Waals surface area contributed by atoms with Crippen LogP contribution in [0.15, 0.2) is 22.7 Å². The summed E-state index contributed by atoms with van der Waals surface area (Å²) in [5, 5.41) is 10.9. The number of rotatable bonds is 4. The molecule has 3 rings (SSSR count). The van der Waals surface area contributed by atoms with Gasteiger partial charge in [-0.3, -0.25) is 9.69 Å². The second-order valence-corrected chi connectivity index (χ2v) is 6.59. The molecule has 0 bridgehead atoms. The minimum atomic E-state index is -0.250. The molecule has 0 radical (unpaired) electrons. The van der Waals surface area contributed by atoms with Gasteiger partial charge in [0, 0.05) is 18.7 Å². The Morgan fingerprint density at radius 2 is 2.12 bits per heavy atom. The number of nitrogens with zero attached hydrogens (tertiary/aromatic N) is 2. The van der Waals surface area contributed by atoms with Crippen molar-refractivity contribution in [1.82, 2.24) is 10.1 Å². The van der Waals surface area contributed by atoms with E-state index >= 15 is 0 Å². The third-order valence-electron chi connectivity index (χ3n) is 4.69. The molecule has 6 heteroatoms. The van der Waals surface area contributed by atoms with Gasteiger partial charge in [-0.2, -0.15) is 0 Å². The van der Waals surface area contributed by atoms with Gasteiger partial charge in [0.05, 0.1) is 5.69 Å². The number of likely N-dealkylation sites (tertiary alicyclic amines) is 1. The molecular formula is C19H25FN2O3. The van der Waals surface area contributed by atoms with E-state index in [2.05, 4.69) is 16.1 Å². The second-order valence-electron chi connectivity index (χ2n) is 6.59. The Bertz CT molecular complexity index is 695. The number of hydrogen-bond donors (Lipinski definition) is 1. The molecule has 2 heterocycles. The topological polar surface area (TPSA) is 66.6 Å². The van der Waals surface area contributed by atoms with Gasteiger partial charge in [-0.25, -0.2) is 4.39 Å². The van der Waals surface area contributed by atoms with Crippen molar-refractivity contribution in [1.29, 1.82) is 0 Å². The average Bonchev–Trinajstić information content (AvgIpc) is 3.13. The lowest BCUT2D eigenvalue weighted by Crippen LogP contribution is -2.21. The van der Waals surface area contributed by atoms with Crippen molar-refractivity contribution in [3.63, 3.8) is 0 Å². The number of benzene rings is 1. The van der Waals surface area contributed by atoms with Crippen molar-refractivity contribution in [2.24, 2.45) is 5.92 Å². The Balaban J connectivity index is 0.000000701. The zero-order valence-corrected chi connectivity index (χ0v) is 15.0. The van der Waals surface area contributed by atoms with Gasteiger partial charge in [0.1, 0.15) is 11.6 Å². The van der Waals surface area contributed by atoms with Gasteiger partial charge in [0.25, 0.3) is 6.47 Å². The maximum Gasteiger partial charge on any atom is 0.290 e. The lowest BCUT2D eigenvalue weighted by molar-refractivity contribution is -0.122. The van der Waals surface area contributed by atoms with E-state index in [0.717, 1.165) is 48.6 Å². The van der Waals surface area contributed by atoms with Gasteiger partial charge >= 0.3 is 0 Å². The van der Waals surface area contributed by atoms with E-state index in [4.69, 9.17) is 14.4 Å². The highest BCUT2D eigenvalue weighted by Crippen LogP contribution is 2.25. The first kappa shape index (κ1) is 19.1. The fourth-order valence-corrected chi connectivity index (χ4v) is 3.27. The summed E-state index contributed by atoms with van der Waals surface area (Å²) in [4.78, 5) is 10.8. The number of carbonyl (C=O) groups is 1. The molecule has 1 aliphatic rings. The first-order valence-corrected chi connectivity index (χ1v) is 8.41. The third-order valence-corrected chi connectivity index (χ3v) is 4.69. The number of hydrogen-bond acceptors (Lipinski definition) is 4. The van der Waals surface area contributed by atoms with Crippen LogP contribution < -0.4 is 0 Å². The summed E-state index contributed by atoms with van der Waals surface area (Å²) < 4.78 is 18.9. The van der Waals surface area contributed by atoms with Crippen LogP contribution in [0, 0.1) is 32.5 Å². The van der Waals surface area contributed by atoms with Crippen LogP contribution >= 0.6 is 0 Å². The van der Waals surface area contributed by atoms with E-state index in [1.807, 2.05) is 19.9 Å². The highest BCUT2D eigenvalue weighted by atomic mass is 19.1. The van der Waals surface area contributed by atoms with Gasteiger partial charge in [0.2, 0.25) is 0 Å². The van der Waals surface area contributed by atoms with Crippen molar-refractivity contribution < 1.29 is 18.8 Å². The number of halogens is 1. The molecule has 1 aromatic heterocycles. The van der Waals surface area contributed by atoms with Crippen molar-refractivity contribution in [3.8, 4) is 0 Å². The predicted molar refractivity (Wildman–Crippen MR) is 92.9 cm³/mol. The van der Waals surface area contributed by atoms with Crippen molar-refractivity contribution >= 4 is 6.47 Å². The SMILES string of the molecule is Cc1ccc(CC2CCN(Cc3c(C)noc3C)C2)cc1F.O=CO. The summed E-state index contributed by atoms with van der Waals surface area (Å²) in [6.45, 7) is 8.56. The molecule has 1 N–H and O–H groups in total. The number of carboxylic acid groups (broad SMARTS) is 1. The van der Waals surface area contributed by atoms with E-state index in [1.165, 1.54) is 12.0 Å². The van der Waals surface area contributed by atoms with Crippen LogP contribution in [0.4, 0.5) is 4.39 Å². The van der Waals surface area contributed by atoms with Gasteiger partial charge in [-0.1, -0.05) is 17.3 Å². The number of aryl methyl sites for hydroxylation is 3. The molecular weight excluding hydrogens is 323 g/mol. The zero-order chi connectivity index (χ0) is 18.4. The largest absolute Gasteiger partial charge is 0.483 e. The minimum absolute atomic E-state index is 0.0944. The molecule has 2 aromatic rings. The van der Waals surface area contributed by atoms with Crippen LogP contribution in [0.1, 0.15) is 34.6 Å². The molecule has 1 saturated heterocycles.